The fourth-order valence-electron chi connectivity index (χ4n) is 2.11. The first kappa shape index (κ1) is 14.4. The molecule has 1 amide bonds. The Hall–Kier alpha value is -0.680. The van der Waals surface area contributed by atoms with Crippen molar-refractivity contribution < 1.29 is 9.53 Å². The highest BCUT2D eigenvalue weighted by molar-refractivity contribution is 7.80. The van der Waals surface area contributed by atoms with E-state index in [1.165, 1.54) is 0 Å². The minimum Gasteiger partial charge on any atom is -0.392 e. The summed E-state index contributed by atoms with van der Waals surface area (Å²) >= 11 is 4.97. The molecule has 4 nitrogen and oxygen atoms in total. The summed E-state index contributed by atoms with van der Waals surface area (Å²) in [6, 6.07) is 0.176. The van der Waals surface area contributed by atoms with Crippen molar-refractivity contribution in [1.29, 1.82) is 0 Å². The number of piperidine rings is 1. The van der Waals surface area contributed by atoms with Crippen molar-refractivity contribution >= 4 is 23.1 Å². The van der Waals surface area contributed by atoms with Crippen molar-refractivity contribution in [2.24, 2.45) is 11.1 Å². The summed E-state index contributed by atoms with van der Waals surface area (Å²) in [4.78, 5) is 14.5. The third-order valence-electron chi connectivity index (χ3n) is 3.57. The Balaban J connectivity index is 2.75. The zero-order valence-corrected chi connectivity index (χ0v) is 11.8. The monoisotopic (exact) mass is 258 g/mol. The van der Waals surface area contributed by atoms with Gasteiger partial charge in [-0.1, -0.05) is 12.2 Å². The largest absolute Gasteiger partial charge is 0.392 e. The number of amides is 1. The summed E-state index contributed by atoms with van der Waals surface area (Å²) < 4.78 is 5.33. The maximum absolute atomic E-state index is 12.4. The van der Waals surface area contributed by atoms with Gasteiger partial charge < -0.3 is 15.4 Å². The number of carbonyl (C=O) groups excluding carboxylic acids is 1. The van der Waals surface area contributed by atoms with E-state index < -0.39 is 5.41 Å². The van der Waals surface area contributed by atoms with Gasteiger partial charge in [-0.2, -0.15) is 0 Å². The van der Waals surface area contributed by atoms with Gasteiger partial charge in [0, 0.05) is 19.7 Å². The van der Waals surface area contributed by atoms with Gasteiger partial charge in [0.1, 0.15) is 0 Å². The van der Waals surface area contributed by atoms with Gasteiger partial charge in [-0.05, 0) is 33.6 Å². The molecule has 0 aromatic rings. The molecule has 98 valence electrons. The van der Waals surface area contributed by atoms with E-state index in [-0.39, 0.29) is 23.0 Å². The molecular formula is C12H22N2O2S. The van der Waals surface area contributed by atoms with Crippen LogP contribution in [0, 0.1) is 5.41 Å². The Bertz CT molecular complexity index is 318. The molecule has 1 aliphatic heterocycles. The lowest BCUT2D eigenvalue weighted by molar-refractivity contribution is -0.142. The predicted octanol–water partition coefficient (Wildman–Crippen LogP) is 1.32. The highest BCUT2D eigenvalue weighted by Crippen LogP contribution is 2.26. The van der Waals surface area contributed by atoms with E-state index in [9.17, 15) is 4.79 Å². The number of nitrogens with two attached hydrogens (primary N) is 1. The van der Waals surface area contributed by atoms with Crippen LogP contribution in [-0.2, 0) is 9.53 Å². The molecule has 1 fully saturated rings. The van der Waals surface area contributed by atoms with Crippen molar-refractivity contribution in [3.8, 4) is 0 Å². The summed E-state index contributed by atoms with van der Waals surface area (Å²) in [6.07, 6.45) is 2.00. The number of hydrogen-bond donors (Lipinski definition) is 1. The van der Waals surface area contributed by atoms with Crippen LogP contribution in [0.3, 0.4) is 0 Å². The Labute approximate surface area is 108 Å². The summed E-state index contributed by atoms with van der Waals surface area (Å²) in [5.74, 6) is 0.0204. The fourth-order valence-corrected chi connectivity index (χ4v) is 2.20. The number of hydrogen-bond acceptors (Lipinski definition) is 3. The molecule has 0 bridgehead atoms. The number of rotatable bonds is 3. The van der Waals surface area contributed by atoms with Crippen molar-refractivity contribution in [3.63, 3.8) is 0 Å². The van der Waals surface area contributed by atoms with E-state index in [1.807, 2.05) is 11.8 Å². The standard InChI is InChI=1S/C12H22N2O2S/c1-8-7-9(16-4)5-6-14(8)11(15)12(2,3)10(13)17/h8-9H,5-7H2,1-4H3,(H2,13,17). The van der Waals surface area contributed by atoms with Gasteiger partial charge in [0.2, 0.25) is 5.91 Å². The van der Waals surface area contributed by atoms with E-state index >= 15 is 0 Å². The lowest BCUT2D eigenvalue weighted by atomic mass is 9.89. The zero-order chi connectivity index (χ0) is 13.2. The summed E-state index contributed by atoms with van der Waals surface area (Å²) in [5.41, 5.74) is 4.88. The molecular weight excluding hydrogens is 236 g/mol. The lowest BCUT2D eigenvalue weighted by Gasteiger charge is -2.40. The Morgan fingerprint density at radius 3 is 2.53 bits per heavy atom. The van der Waals surface area contributed by atoms with E-state index in [0.717, 1.165) is 12.8 Å². The first-order valence-corrected chi connectivity index (χ1v) is 6.35. The number of carbonyl (C=O) groups is 1. The van der Waals surface area contributed by atoms with Crippen LogP contribution in [-0.4, -0.2) is 41.6 Å². The van der Waals surface area contributed by atoms with E-state index in [2.05, 4.69) is 0 Å². The van der Waals surface area contributed by atoms with Crippen LogP contribution in [0.4, 0.5) is 0 Å². The third-order valence-corrected chi connectivity index (χ3v) is 4.08. The van der Waals surface area contributed by atoms with Gasteiger partial charge in [-0.3, -0.25) is 4.79 Å². The van der Waals surface area contributed by atoms with Crippen molar-refractivity contribution in [1.82, 2.24) is 4.90 Å². The number of methoxy groups -OCH3 is 1. The molecule has 0 aliphatic carbocycles. The molecule has 0 aromatic heterocycles. The predicted molar refractivity (Wildman–Crippen MR) is 71.8 cm³/mol. The molecule has 1 heterocycles. The van der Waals surface area contributed by atoms with Crippen molar-refractivity contribution in [2.75, 3.05) is 13.7 Å². The van der Waals surface area contributed by atoms with E-state index in [1.54, 1.807) is 21.0 Å². The molecule has 2 unspecified atom stereocenters. The molecule has 2 N–H and O–H groups in total. The first-order valence-electron chi connectivity index (χ1n) is 5.94. The summed E-state index contributed by atoms with van der Waals surface area (Å²) in [5, 5.41) is 0. The van der Waals surface area contributed by atoms with Gasteiger partial charge in [-0.25, -0.2) is 0 Å². The van der Waals surface area contributed by atoms with Crippen molar-refractivity contribution in [2.45, 2.75) is 45.8 Å². The highest BCUT2D eigenvalue weighted by Gasteiger charge is 2.38. The Kier molecular flexibility index (Phi) is 4.49. The quantitative estimate of drug-likeness (QED) is 0.776. The maximum Gasteiger partial charge on any atom is 0.235 e. The molecule has 1 saturated heterocycles. The molecule has 1 rings (SSSR count). The van der Waals surface area contributed by atoms with Gasteiger partial charge >= 0.3 is 0 Å². The maximum atomic E-state index is 12.4. The molecule has 0 radical (unpaired) electrons. The second kappa shape index (κ2) is 5.31. The van der Waals surface area contributed by atoms with Crippen LogP contribution in [0.15, 0.2) is 0 Å². The average Bonchev–Trinajstić information content (AvgIpc) is 2.27. The second-order valence-corrected chi connectivity index (χ2v) is 5.66. The summed E-state index contributed by atoms with van der Waals surface area (Å²) in [6.45, 7) is 6.32. The third kappa shape index (κ3) is 2.96. The second-order valence-electron chi connectivity index (χ2n) is 5.22. The van der Waals surface area contributed by atoms with Gasteiger partial charge in [0.05, 0.1) is 16.5 Å². The van der Waals surface area contributed by atoms with E-state index in [0.29, 0.717) is 6.54 Å². The van der Waals surface area contributed by atoms with Crippen LogP contribution in [0.25, 0.3) is 0 Å². The van der Waals surface area contributed by atoms with Gasteiger partial charge in [-0.15, -0.1) is 0 Å². The SMILES string of the molecule is COC1CCN(C(=O)C(C)(C)C(N)=S)C(C)C1. The molecule has 1 aliphatic rings. The molecule has 5 heteroatoms. The van der Waals surface area contributed by atoms with E-state index in [4.69, 9.17) is 22.7 Å². The Morgan fingerprint density at radius 1 is 1.53 bits per heavy atom. The lowest BCUT2D eigenvalue weighted by Crippen LogP contribution is -2.53. The van der Waals surface area contributed by atoms with Crippen molar-refractivity contribution in [3.05, 3.63) is 0 Å². The average molecular weight is 258 g/mol. The number of nitrogens with zero attached hydrogens (tertiary/aromatic N) is 1. The fraction of sp³-hybridized carbons (Fsp3) is 0.833. The molecule has 0 spiro atoms. The highest BCUT2D eigenvalue weighted by atomic mass is 32.1. The number of ether oxygens (including phenoxy) is 1. The van der Waals surface area contributed by atoms with Crippen LogP contribution >= 0.6 is 12.2 Å². The smallest absolute Gasteiger partial charge is 0.235 e. The van der Waals surface area contributed by atoms with Crippen LogP contribution in [0.1, 0.15) is 33.6 Å². The summed E-state index contributed by atoms with van der Waals surface area (Å²) in [7, 11) is 1.72. The molecule has 0 saturated carbocycles. The molecule has 17 heavy (non-hydrogen) atoms. The molecule has 2 atom stereocenters. The van der Waals surface area contributed by atoms with Gasteiger partial charge in [0.15, 0.2) is 0 Å². The minimum absolute atomic E-state index is 0.0204. The Morgan fingerprint density at radius 2 is 2.12 bits per heavy atom. The number of thiocarbonyl (C=S) groups is 1. The van der Waals surface area contributed by atoms with Crippen LogP contribution in [0.2, 0.25) is 0 Å². The molecule has 0 aromatic carbocycles. The van der Waals surface area contributed by atoms with Gasteiger partial charge in [0.25, 0.3) is 0 Å². The normalized spacial score (nSPS) is 25.8. The van der Waals surface area contributed by atoms with Crippen LogP contribution < -0.4 is 5.73 Å². The minimum atomic E-state index is -0.760. The first-order chi connectivity index (χ1) is 7.80. The topological polar surface area (TPSA) is 55.6 Å². The van der Waals surface area contributed by atoms with Crippen LogP contribution in [0.5, 0.6) is 0 Å². The number of likely N-dealkylation sites (tertiary alicyclic amines) is 1. The zero-order valence-electron chi connectivity index (χ0n) is 11.0.